The number of allylic oxidation sites excluding steroid dienone is 1. The lowest BCUT2D eigenvalue weighted by molar-refractivity contribution is -0.742. The van der Waals surface area contributed by atoms with Gasteiger partial charge in [0.1, 0.15) is 0 Å². The summed E-state index contributed by atoms with van der Waals surface area (Å²) in [5.74, 6) is -0.520. The van der Waals surface area contributed by atoms with E-state index in [0.717, 1.165) is 18.4 Å². The molecule has 1 fully saturated rings. The molecule has 1 saturated carbocycles. The zero-order valence-corrected chi connectivity index (χ0v) is 16.6. The molecule has 8 heteroatoms. The minimum absolute atomic E-state index is 0.0139. The summed E-state index contributed by atoms with van der Waals surface area (Å²) in [7, 11) is 0. The minimum Gasteiger partial charge on any atom is -0.762 e. The van der Waals surface area contributed by atoms with Crippen LogP contribution in [0.2, 0.25) is 0 Å². The Kier molecular flexibility index (Phi) is 4.73. The summed E-state index contributed by atoms with van der Waals surface area (Å²) in [5.41, 5.74) is 0.780. The largest absolute Gasteiger partial charge is 0.762 e. The van der Waals surface area contributed by atoms with E-state index in [1.165, 1.54) is 12.1 Å². The molecule has 3 atom stereocenters. The number of nitro groups is 1. The van der Waals surface area contributed by atoms with E-state index >= 15 is 0 Å². The number of aryl methyl sites for hydroxylation is 1. The van der Waals surface area contributed by atoms with E-state index in [2.05, 4.69) is 11.4 Å². The molecule has 0 amide bonds. The SMILES string of the molecule is Cc1cc[n+](C2C(c3ccc([N+](=O)[O-])cc3)C(C#N)=C([S-])NC2(O)C2CC2)cc1. The molecule has 1 aliphatic heterocycles. The van der Waals surface area contributed by atoms with E-state index in [1.807, 2.05) is 36.0 Å². The number of hydrogen-bond acceptors (Lipinski definition) is 6. The van der Waals surface area contributed by atoms with E-state index < -0.39 is 22.6 Å². The molecule has 0 saturated heterocycles. The van der Waals surface area contributed by atoms with Crippen molar-refractivity contribution in [3.8, 4) is 6.07 Å². The first kappa shape index (κ1) is 19.3. The van der Waals surface area contributed by atoms with Gasteiger partial charge in [-0.05, 0) is 30.9 Å². The average molecular weight is 408 g/mol. The average Bonchev–Trinajstić information content (AvgIpc) is 3.54. The van der Waals surface area contributed by atoms with Crippen LogP contribution in [0.1, 0.15) is 35.9 Å². The fraction of sp³-hybridized carbons (Fsp3) is 0.333. The number of benzene rings is 1. The van der Waals surface area contributed by atoms with Crippen LogP contribution in [0, 0.1) is 34.3 Å². The predicted molar refractivity (Wildman–Crippen MR) is 107 cm³/mol. The first-order valence-corrected chi connectivity index (χ1v) is 9.79. The van der Waals surface area contributed by atoms with Crippen LogP contribution in [0.15, 0.2) is 59.4 Å². The quantitative estimate of drug-likeness (QED) is 0.349. The van der Waals surface area contributed by atoms with Crippen molar-refractivity contribution in [2.75, 3.05) is 0 Å². The Hall–Kier alpha value is -3.02. The lowest BCUT2D eigenvalue weighted by Gasteiger charge is -2.45. The number of nitro benzene ring substituents is 1. The Labute approximate surface area is 173 Å². The van der Waals surface area contributed by atoms with Gasteiger partial charge in [-0.1, -0.05) is 17.2 Å². The van der Waals surface area contributed by atoms with Gasteiger partial charge in [0.05, 0.1) is 16.9 Å². The van der Waals surface area contributed by atoms with Crippen molar-refractivity contribution in [1.82, 2.24) is 5.32 Å². The fourth-order valence-corrected chi connectivity index (χ4v) is 4.45. The Morgan fingerprint density at radius 3 is 2.41 bits per heavy atom. The number of nitrogens with zero attached hydrogens (tertiary/aromatic N) is 3. The normalized spacial score (nSPS) is 26.5. The number of nitriles is 1. The number of aliphatic hydroxyl groups is 1. The van der Waals surface area contributed by atoms with Crippen molar-refractivity contribution in [1.29, 1.82) is 5.26 Å². The van der Waals surface area contributed by atoms with Crippen LogP contribution in [0.25, 0.3) is 0 Å². The molecule has 2 aliphatic rings. The van der Waals surface area contributed by atoms with Gasteiger partial charge in [0.15, 0.2) is 12.4 Å². The molecular weight excluding hydrogens is 388 g/mol. The number of pyridine rings is 1. The van der Waals surface area contributed by atoms with Gasteiger partial charge in [0.2, 0.25) is 11.8 Å². The molecule has 2 heterocycles. The van der Waals surface area contributed by atoms with Crippen molar-refractivity contribution < 1.29 is 14.6 Å². The van der Waals surface area contributed by atoms with Gasteiger partial charge in [0.25, 0.3) is 5.69 Å². The molecule has 0 radical (unpaired) electrons. The van der Waals surface area contributed by atoms with Crippen molar-refractivity contribution in [2.24, 2.45) is 5.92 Å². The zero-order valence-electron chi connectivity index (χ0n) is 15.8. The summed E-state index contributed by atoms with van der Waals surface area (Å²) in [6.07, 6.45) is 5.50. The van der Waals surface area contributed by atoms with Gasteiger partial charge in [0, 0.05) is 35.8 Å². The molecule has 2 aromatic rings. The highest BCUT2D eigenvalue weighted by atomic mass is 32.1. The lowest BCUT2D eigenvalue weighted by Crippen LogP contribution is -2.65. The van der Waals surface area contributed by atoms with Crippen LogP contribution < -0.4 is 9.88 Å². The van der Waals surface area contributed by atoms with Crippen LogP contribution in [0.3, 0.4) is 0 Å². The second kappa shape index (κ2) is 7.10. The highest BCUT2D eigenvalue weighted by molar-refractivity contribution is 7.63. The molecule has 4 rings (SSSR count). The van der Waals surface area contributed by atoms with Crippen LogP contribution >= 0.6 is 0 Å². The molecular formula is C21H20N4O3S. The molecule has 0 bridgehead atoms. The van der Waals surface area contributed by atoms with Crippen LogP contribution in [0.5, 0.6) is 0 Å². The second-order valence-electron chi connectivity index (χ2n) is 7.67. The Balaban J connectivity index is 1.90. The zero-order chi connectivity index (χ0) is 20.8. The first-order valence-electron chi connectivity index (χ1n) is 9.38. The predicted octanol–water partition coefficient (Wildman–Crippen LogP) is 2.50. The number of hydrogen-bond donors (Lipinski definition) is 2. The molecule has 2 N–H and O–H groups in total. The van der Waals surface area contributed by atoms with Crippen molar-refractivity contribution in [3.05, 3.63) is 80.6 Å². The summed E-state index contributed by atoms with van der Waals surface area (Å²) in [6, 6.07) is 11.7. The van der Waals surface area contributed by atoms with Crippen molar-refractivity contribution >= 4 is 18.3 Å². The Morgan fingerprint density at radius 1 is 1.28 bits per heavy atom. The molecule has 0 spiro atoms. The Bertz CT molecular complexity index is 1030. The van der Waals surface area contributed by atoms with Gasteiger partial charge in [-0.2, -0.15) is 9.83 Å². The van der Waals surface area contributed by atoms with E-state index in [0.29, 0.717) is 11.1 Å². The number of non-ortho nitro benzene ring substituents is 1. The van der Waals surface area contributed by atoms with E-state index in [-0.39, 0.29) is 16.6 Å². The highest BCUT2D eigenvalue weighted by Gasteiger charge is 2.59. The van der Waals surface area contributed by atoms with E-state index in [1.54, 1.807) is 12.1 Å². The second-order valence-corrected chi connectivity index (χ2v) is 8.08. The highest BCUT2D eigenvalue weighted by Crippen LogP contribution is 2.51. The number of rotatable bonds is 4. The molecule has 29 heavy (non-hydrogen) atoms. The number of aromatic nitrogens is 1. The summed E-state index contributed by atoms with van der Waals surface area (Å²) in [5, 5.41) is 35.9. The summed E-state index contributed by atoms with van der Waals surface area (Å²) in [4.78, 5) is 10.6. The Morgan fingerprint density at radius 2 is 1.90 bits per heavy atom. The monoisotopic (exact) mass is 408 g/mol. The smallest absolute Gasteiger partial charge is 0.269 e. The van der Waals surface area contributed by atoms with Crippen molar-refractivity contribution in [3.63, 3.8) is 0 Å². The summed E-state index contributed by atoms with van der Waals surface area (Å²) in [6.45, 7) is 1.98. The summed E-state index contributed by atoms with van der Waals surface area (Å²) < 4.78 is 1.91. The standard InChI is InChI=1S/C21H20N4O3S/c1-13-8-10-24(11-9-13)19-18(14-2-6-16(7-3-14)25(27)28)17(12-22)20(29)23-21(19,26)15-4-5-15/h2-3,6-11,15,18-19,23,26H,4-5H2,1H3. The topological polar surface area (TPSA) is 103 Å². The van der Waals surface area contributed by atoms with Gasteiger partial charge in [-0.25, -0.2) is 0 Å². The van der Waals surface area contributed by atoms with Gasteiger partial charge in [-0.3, -0.25) is 10.1 Å². The fourth-order valence-electron chi connectivity index (χ4n) is 4.11. The van der Waals surface area contributed by atoms with Crippen molar-refractivity contribution in [2.45, 2.75) is 37.5 Å². The third-order valence-electron chi connectivity index (χ3n) is 5.76. The lowest BCUT2D eigenvalue weighted by atomic mass is 9.76. The van der Waals surface area contributed by atoms with Gasteiger partial charge < -0.3 is 23.1 Å². The molecule has 1 aromatic carbocycles. The maximum atomic E-state index is 11.7. The van der Waals surface area contributed by atoms with Crippen LogP contribution in [-0.4, -0.2) is 15.8 Å². The molecule has 3 unspecified atom stereocenters. The van der Waals surface area contributed by atoms with Gasteiger partial charge in [-0.15, -0.1) is 0 Å². The number of nitrogens with one attached hydrogen (secondary N) is 1. The van der Waals surface area contributed by atoms with Gasteiger partial charge >= 0.3 is 0 Å². The molecule has 7 nitrogen and oxygen atoms in total. The summed E-state index contributed by atoms with van der Waals surface area (Å²) >= 11 is 5.44. The van der Waals surface area contributed by atoms with Crippen LogP contribution in [-0.2, 0) is 12.6 Å². The maximum absolute atomic E-state index is 11.7. The molecule has 1 aliphatic carbocycles. The molecule has 1 aromatic heterocycles. The molecule has 148 valence electrons. The van der Waals surface area contributed by atoms with E-state index in [9.17, 15) is 20.5 Å². The third-order valence-corrected chi connectivity index (χ3v) is 6.08. The van der Waals surface area contributed by atoms with E-state index in [4.69, 9.17) is 12.6 Å². The maximum Gasteiger partial charge on any atom is 0.269 e. The van der Waals surface area contributed by atoms with Crippen LogP contribution in [0.4, 0.5) is 5.69 Å². The minimum atomic E-state index is -1.32. The first-order chi connectivity index (χ1) is 13.8. The third kappa shape index (κ3) is 3.33.